The van der Waals surface area contributed by atoms with Crippen LogP contribution in [-0.2, 0) is 0 Å². The van der Waals surface area contributed by atoms with Gasteiger partial charge < -0.3 is 15.1 Å². The first kappa shape index (κ1) is 18.7. The largest absolute Gasteiger partial charge is 0.352 e. The quantitative estimate of drug-likeness (QED) is 0.804. The van der Waals surface area contributed by atoms with Gasteiger partial charge in [-0.2, -0.15) is 5.26 Å². The van der Waals surface area contributed by atoms with E-state index in [0.29, 0.717) is 17.5 Å². The molecule has 0 spiro atoms. The van der Waals surface area contributed by atoms with E-state index < -0.39 is 5.82 Å². The fraction of sp³-hybridized carbons (Fsp3) is 0.455. The van der Waals surface area contributed by atoms with Gasteiger partial charge in [-0.25, -0.2) is 9.38 Å². The van der Waals surface area contributed by atoms with Crippen molar-refractivity contribution in [3.8, 4) is 6.07 Å². The maximum absolute atomic E-state index is 14.3. The Morgan fingerprint density at radius 3 is 2.75 bits per heavy atom. The number of hydrogen-bond donors (Lipinski definition) is 1. The summed E-state index contributed by atoms with van der Waals surface area (Å²) in [5.41, 5.74) is 3.71. The van der Waals surface area contributed by atoms with E-state index >= 15 is 0 Å². The van der Waals surface area contributed by atoms with E-state index in [2.05, 4.69) is 48.2 Å². The Morgan fingerprint density at radius 1 is 1.32 bits per heavy atom. The highest BCUT2D eigenvalue weighted by Gasteiger charge is 2.33. The van der Waals surface area contributed by atoms with Crippen LogP contribution in [0.1, 0.15) is 32.8 Å². The molecule has 1 aromatic rings. The summed E-state index contributed by atoms with van der Waals surface area (Å²) < 4.78 is 14.3. The molecule has 1 saturated heterocycles. The lowest BCUT2D eigenvalue weighted by Gasteiger charge is -2.37. The zero-order chi connectivity index (χ0) is 19.8. The zero-order valence-electron chi connectivity index (χ0n) is 16.7. The molecule has 146 valence electrons. The molecule has 0 bridgehead atoms. The Hall–Kier alpha value is -2.65. The smallest absolute Gasteiger partial charge is 0.153 e. The van der Waals surface area contributed by atoms with Crippen LogP contribution < -0.4 is 10.2 Å². The van der Waals surface area contributed by atoms with Gasteiger partial charge in [0.05, 0.1) is 22.6 Å². The van der Waals surface area contributed by atoms with Gasteiger partial charge in [0.2, 0.25) is 0 Å². The maximum atomic E-state index is 14.3. The molecule has 1 aromatic carbocycles. The van der Waals surface area contributed by atoms with Gasteiger partial charge in [-0.15, -0.1) is 0 Å². The molecule has 5 nitrogen and oxygen atoms in total. The molecule has 1 fully saturated rings. The van der Waals surface area contributed by atoms with Crippen molar-refractivity contribution < 1.29 is 4.39 Å². The maximum Gasteiger partial charge on any atom is 0.153 e. The Balaban J connectivity index is 1.93. The first-order valence-corrected chi connectivity index (χ1v) is 10.0. The number of piperazine rings is 1. The summed E-state index contributed by atoms with van der Waals surface area (Å²) in [5.74, 6) is 1.19. The minimum Gasteiger partial charge on any atom is -0.352 e. The van der Waals surface area contributed by atoms with Crippen LogP contribution in [0.4, 0.5) is 15.8 Å². The minimum atomic E-state index is -0.521. The summed E-state index contributed by atoms with van der Waals surface area (Å²) in [6, 6.07) is 4.97. The first-order valence-electron chi connectivity index (χ1n) is 10.0. The van der Waals surface area contributed by atoms with Crippen LogP contribution in [0.3, 0.4) is 0 Å². The highest BCUT2D eigenvalue weighted by molar-refractivity contribution is 6.07. The second kappa shape index (κ2) is 7.40. The minimum absolute atomic E-state index is 0.0503. The molecule has 0 aliphatic carbocycles. The molecule has 0 saturated carbocycles. The van der Waals surface area contributed by atoms with Crippen LogP contribution in [0.25, 0.3) is 0 Å². The van der Waals surface area contributed by atoms with Crippen molar-refractivity contribution in [2.45, 2.75) is 27.2 Å². The SMILES string of the molecule is CCC1C=C2C(N3CCNCC3)=Nc3cc(F)c(C#N)cc3N2C=C(C)C1C. The van der Waals surface area contributed by atoms with Crippen molar-refractivity contribution in [2.75, 3.05) is 31.1 Å². The third-order valence-corrected chi connectivity index (χ3v) is 6.11. The molecule has 0 aromatic heterocycles. The van der Waals surface area contributed by atoms with Crippen molar-refractivity contribution in [3.63, 3.8) is 0 Å². The Morgan fingerprint density at radius 2 is 2.07 bits per heavy atom. The molecule has 6 heteroatoms. The fourth-order valence-electron chi connectivity index (χ4n) is 4.21. The first-order chi connectivity index (χ1) is 13.5. The Bertz CT molecular complexity index is 918. The second-order valence-corrected chi connectivity index (χ2v) is 7.76. The van der Waals surface area contributed by atoms with Crippen LogP contribution in [0.15, 0.2) is 40.7 Å². The predicted octanol–water partition coefficient (Wildman–Crippen LogP) is 3.92. The van der Waals surface area contributed by atoms with Gasteiger partial charge in [-0.05, 0) is 31.2 Å². The van der Waals surface area contributed by atoms with Crippen LogP contribution in [0, 0.1) is 29.0 Å². The average molecular weight is 379 g/mol. The van der Waals surface area contributed by atoms with Gasteiger partial charge in [0.1, 0.15) is 11.9 Å². The number of rotatable bonds is 1. The summed E-state index contributed by atoms with van der Waals surface area (Å²) in [6.07, 6.45) is 5.50. The molecule has 1 N–H and O–H groups in total. The number of benzene rings is 1. The molecule has 2 unspecified atom stereocenters. The van der Waals surface area contributed by atoms with E-state index in [1.165, 1.54) is 11.6 Å². The Labute approximate surface area is 165 Å². The van der Waals surface area contributed by atoms with E-state index in [0.717, 1.165) is 49.8 Å². The average Bonchev–Trinajstić information content (AvgIpc) is 2.84. The van der Waals surface area contributed by atoms with Crippen molar-refractivity contribution in [1.29, 1.82) is 5.26 Å². The van der Waals surface area contributed by atoms with Gasteiger partial charge in [0.25, 0.3) is 0 Å². The molecule has 3 aliphatic rings. The number of anilines is 1. The number of hydrogen-bond acceptors (Lipinski definition) is 5. The van der Waals surface area contributed by atoms with Crippen molar-refractivity contribution in [3.05, 3.63) is 47.1 Å². The van der Waals surface area contributed by atoms with Crippen molar-refractivity contribution in [2.24, 2.45) is 16.8 Å². The lowest BCUT2D eigenvalue weighted by Crippen LogP contribution is -2.49. The van der Waals surface area contributed by atoms with Gasteiger partial charge in [0.15, 0.2) is 5.84 Å². The number of nitrogens with one attached hydrogen (secondary N) is 1. The standard InChI is InChI=1S/C22H26FN5/c1-4-16-9-21-22(27-7-5-25-6-8-27)26-19-11-18(23)17(12-24)10-20(19)28(21)13-14(2)15(16)3/h9-11,13,15-16,25H,4-8H2,1-3H3. The molecule has 28 heavy (non-hydrogen) atoms. The van der Waals surface area contributed by atoms with Gasteiger partial charge in [-0.1, -0.05) is 25.5 Å². The van der Waals surface area contributed by atoms with Crippen LogP contribution in [0.5, 0.6) is 0 Å². The predicted molar refractivity (Wildman–Crippen MR) is 110 cm³/mol. The fourth-order valence-corrected chi connectivity index (χ4v) is 4.21. The second-order valence-electron chi connectivity index (χ2n) is 7.76. The number of aliphatic imine (C=N–C) groups is 1. The monoisotopic (exact) mass is 379 g/mol. The number of fused-ring (bicyclic) bond motifs is 3. The highest BCUT2D eigenvalue weighted by atomic mass is 19.1. The zero-order valence-corrected chi connectivity index (χ0v) is 16.7. The Kier molecular flexibility index (Phi) is 4.94. The van der Waals surface area contributed by atoms with E-state index in [9.17, 15) is 9.65 Å². The number of allylic oxidation sites excluding steroid dienone is 2. The number of halogens is 1. The normalized spacial score (nSPS) is 24.3. The van der Waals surface area contributed by atoms with E-state index in [4.69, 9.17) is 4.99 Å². The molecule has 3 aliphatic heterocycles. The summed E-state index contributed by atoms with van der Waals surface area (Å²) in [5, 5.41) is 12.7. The van der Waals surface area contributed by atoms with Crippen LogP contribution in [0.2, 0.25) is 0 Å². The van der Waals surface area contributed by atoms with Gasteiger partial charge >= 0.3 is 0 Å². The summed E-state index contributed by atoms with van der Waals surface area (Å²) in [6.45, 7) is 10.2. The number of amidine groups is 1. The summed E-state index contributed by atoms with van der Waals surface area (Å²) in [7, 11) is 0. The van der Waals surface area contributed by atoms with E-state index in [1.54, 1.807) is 6.07 Å². The lowest BCUT2D eigenvalue weighted by molar-refractivity contribution is 0.356. The number of nitriles is 1. The molecular formula is C22H26FN5. The topological polar surface area (TPSA) is 54.7 Å². The van der Waals surface area contributed by atoms with Crippen LogP contribution >= 0.6 is 0 Å². The summed E-state index contributed by atoms with van der Waals surface area (Å²) in [4.78, 5) is 9.27. The molecule has 4 rings (SSSR count). The molecule has 0 radical (unpaired) electrons. The molecule has 0 amide bonds. The van der Waals surface area contributed by atoms with Gasteiger partial charge in [-0.3, -0.25) is 0 Å². The number of nitrogens with zero attached hydrogens (tertiary/aromatic N) is 4. The third-order valence-electron chi connectivity index (χ3n) is 6.11. The molecular weight excluding hydrogens is 353 g/mol. The summed E-state index contributed by atoms with van der Waals surface area (Å²) >= 11 is 0. The lowest BCUT2D eigenvalue weighted by atomic mass is 9.86. The van der Waals surface area contributed by atoms with Gasteiger partial charge in [0, 0.05) is 38.4 Å². The molecule has 2 atom stereocenters. The van der Waals surface area contributed by atoms with Crippen molar-refractivity contribution in [1.82, 2.24) is 10.2 Å². The molecule has 3 heterocycles. The van der Waals surface area contributed by atoms with E-state index in [-0.39, 0.29) is 5.56 Å². The van der Waals surface area contributed by atoms with E-state index in [1.807, 2.05) is 6.07 Å². The third kappa shape index (κ3) is 3.10. The van der Waals surface area contributed by atoms with Crippen LogP contribution in [-0.4, -0.2) is 36.9 Å². The van der Waals surface area contributed by atoms with Crippen molar-refractivity contribution >= 4 is 17.2 Å². The highest BCUT2D eigenvalue weighted by Crippen LogP contribution is 2.42.